The van der Waals surface area contributed by atoms with Crippen molar-refractivity contribution >= 4 is 29.3 Å². The third-order valence-electron chi connectivity index (χ3n) is 6.52. The molecule has 3 aromatic carbocycles. The van der Waals surface area contributed by atoms with Gasteiger partial charge < -0.3 is 29.5 Å². The summed E-state index contributed by atoms with van der Waals surface area (Å²) in [6, 6.07) is 20.1. The zero-order valence-corrected chi connectivity index (χ0v) is 23.4. The Hall–Kier alpha value is -2.59. The molecular weight excluding hydrogens is 540 g/mol. The maximum absolute atomic E-state index is 11.9. The summed E-state index contributed by atoms with van der Waals surface area (Å²) < 4.78 is 16.7. The molecule has 9 heteroatoms. The fourth-order valence-corrected chi connectivity index (χ4v) is 5.59. The fraction of sp³-hybridized carbons (Fsp3) is 0.367. The number of thioether (sulfide) groups is 1. The lowest BCUT2D eigenvalue weighted by atomic mass is 9.90. The predicted molar refractivity (Wildman–Crippen MR) is 151 cm³/mol. The van der Waals surface area contributed by atoms with Crippen LogP contribution in [-0.2, 0) is 15.9 Å². The Morgan fingerprint density at radius 1 is 0.923 bits per heavy atom. The summed E-state index contributed by atoms with van der Waals surface area (Å²) in [4.78, 5) is 12.7. The second-order valence-electron chi connectivity index (χ2n) is 9.23. The van der Waals surface area contributed by atoms with Crippen molar-refractivity contribution in [3.63, 3.8) is 0 Å². The van der Waals surface area contributed by atoms with Gasteiger partial charge in [0.05, 0.1) is 24.9 Å². The Bertz CT molecular complexity index is 1240. The van der Waals surface area contributed by atoms with Gasteiger partial charge in [-0.3, -0.25) is 0 Å². The second kappa shape index (κ2) is 13.7. The van der Waals surface area contributed by atoms with Crippen LogP contribution in [0.3, 0.4) is 0 Å². The van der Waals surface area contributed by atoms with E-state index in [-0.39, 0.29) is 5.97 Å². The number of halogens is 1. The molecule has 5 atom stereocenters. The maximum Gasteiger partial charge on any atom is 0.338 e. The van der Waals surface area contributed by atoms with Crippen LogP contribution in [0.15, 0.2) is 71.6 Å². The highest BCUT2D eigenvalue weighted by molar-refractivity contribution is 7.99. The van der Waals surface area contributed by atoms with Gasteiger partial charge in [0.25, 0.3) is 0 Å². The first-order valence-corrected chi connectivity index (χ1v) is 14.3. The number of benzene rings is 3. The number of rotatable bonds is 10. The summed E-state index contributed by atoms with van der Waals surface area (Å²) in [5.74, 6) is 0.739. The molecule has 0 unspecified atom stereocenters. The molecule has 0 amide bonds. The third kappa shape index (κ3) is 7.33. The van der Waals surface area contributed by atoms with Crippen LogP contribution in [-0.4, -0.2) is 64.7 Å². The summed E-state index contributed by atoms with van der Waals surface area (Å²) in [5, 5.41) is 32.7. The zero-order valence-electron chi connectivity index (χ0n) is 21.8. The highest BCUT2D eigenvalue weighted by atomic mass is 35.5. The average molecular weight is 573 g/mol. The number of carbonyl (C=O) groups excluding carboxylic acids is 1. The van der Waals surface area contributed by atoms with Gasteiger partial charge in [-0.1, -0.05) is 35.9 Å². The molecule has 7 nitrogen and oxygen atoms in total. The van der Waals surface area contributed by atoms with Gasteiger partial charge in [0.2, 0.25) is 0 Å². The molecule has 1 fully saturated rings. The van der Waals surface area contributed by atoms with Gasteiger partial charge in [0, 0.05) is 15.7 Å². The summed E-state index contributed by atoms with van der Waals surface area (Å²) in [7, 11) is 0. The summed E-state index contributed by atoms with van der Waals surface area (Å²) in [6.45, 7) is 4.59. The van der Waals surface area contributed by atoms with Crippen molar-refractivity contribution in [2.75, 3.05) is 19.0 Å². The van der Waals surface area contributed by atoms with Crippen LogP contribution >= 0.6 is 23.4 Å². The van der Waals surface area contributed by atoms with E-state index >= 15 is 0 Å². The topological polar surface area (TPSA) is 105 Å². The lowest BCUT2D eigenvalue weighted by molar-refractivity contribution is -0.218. The first kappa shape index (κ1) is 29.4. The summed E-state index contributed by atoms with van der Waals surface area (Å²) >= 11 is 7.91. The molecule has 1 saturated heterocycles. The fourth-order valence-electron chi connectivity index (χ4n) is 4.44. The van der Waals surface area contributed by atoms with Gasteiger partial charge in [-0.25, -0.2) is 4.79 Å². The number of hydrogen-bond donors (Lipinski definition) is 3. The molecule has 208 valence electrons. The van der Waals surface area contributed by atoms with E-state index in [1.807, 2.05) is 37.3 Å². The molecule has 0 saturated carbocycles. The SMILES string of the molecule is CCOC(=O)c1ccc(SC[C@H]2O[C@@H](c3ccc(Cl)c(Cc4ccc(OCC)cc4)c3)[C@H](O)[C@H](O)[C@H]2O)cc1. The number of aliphatic hydroxyl groups excluding tert-OH is 3. The second-order valence-corrected chi connectivity index (χ2v) is 10.7. The molecule has 0 aliphatic carbocycles. The van der Waals surface area contributed by atoms with E-state index in [9.17, 15) is 20.1 Å². The Kier molecular flexibility index (Phi) is 10.3. The Labute approximate surface area is 237 Å². The minimum atomic E-state index is -1.38. The first-order valence-electron chi connectivity index (χ1n) is 12.9. The standard InChI is InChI=1S/C30H33ClO7S/c1-3-36-22-10-5-18(6-11-22)15-21-16-20(9-14-24(21)31)29-28(34)27(33)26(32)25(38-29)17-39-23-12-7-19(8-13-23)30(35)37-4-2/h5-14,16,25-29,32-34H,3-4,15,17H2,1-2H3/t25-,26+,27-,28-,29+/m1/s1. The molecule has 1 aliphatic rings. The molecule has 39 heavy (non-hydrogen) atoms. The van der Waals surface area contributed by atoms with E-state index in [0.717, 1.165) is 21.8 Å². The van der Waals surface area contributed by atoms with Crippen LogP contribution in [0, 0.1) is 0 Å². The van der Waals surface area contributed by atoms with Crippen molar-refractivity contribution in [2.45, 2.75) is 55.7 Å². The Balaban J connectivity index is 1.46. The number of carbonyl (C=O) groups is 1. The number of ether oxygens (including phenoxy) is 3. The van der Waals surface area contributed by atoms with Gasteiger partial charge in [0.1, 0.15) is 30.2 Å². The van der Waals surface area contributed by atoms with E-state index < -0.39 is 30.5 Å². The summed E-state index contributed by atoms with van der Waals surface area (Å²) in [5.41, 5.74) is 3.01. The van der Waals surface area contributed by atoms with E-state index in [1.54, 1.807) is 43.3 Å². The predicted octanol–water partition coefficient (Wildman–Crippen LogP) is 4.82. The van der Waals surface area contributed by atoms with Crippen molar-refractivity contribution in [3.05, 3.63) is 94.0 Å². The lowest BCUT2D eigenvalue weighted by Gasteiger charge is -2.41. The highest BCUT2D eigenvalue weighted by Crippen LogP contribution is 2.36. The molecule has 0 spiro atoms. The molecule has 4 rings (SSSR count). The van der Waals surface area contributed by atoms with Crippen LogP contribution in [0.1, 0.15) is 47.0 Å². The van der Waals surface area contributed by atoms with Crippen molar-refractivity contribution in [1.82, 2.24) is 0 Å². The summed E-state index contributed by atoms with van der Waals surface area (Å²) in [6.07, 6.45) is -4.99. The van der Waals surface area contributed by atoms with Crippen LogP contribution in [0.25, 0.3) is 0 Å². The van der Waals surface area contributed by atoms with E-state index in [0.29, 0.717) is 41.5 Å². The van der Waals surface area contributed by atoms with Crippen molar-refractivity contribution < 1.29 is 34.3 Å². The van der Waals surface area contributed by atoms with E-state index in [1.165, 1.54) is 11.8 Å². The first-order chi connectivity index (χ1) is 18.8. The number of hydrogen-bond acceptors (Lipinski definition) is 8. The minimum Gasteiger partial charge on any atom is -0.494 e. The van der Waals surface area contributed by atoms with Gasteiger partial charge in [-0.2, -0.15) is 0 Å². The third-order valence-corrected chi connectivity index (χ3v) is 7.99. The maximum atomic E-state index is 11.9. The molecule has 3 aromatic rings. The highest BCUT2D eigenvalue weighted by Gasteiger charge is 2.44. The minimum absolute atomic E-state index is 0.304. The van der Waals surface area contributed by atoms with Crippen LogP contribution < -0.4 is 4.74 Å². The van der Waals surface area contributed by atoms with Crippen LogP contribution in [0.4, 0.5) is 0 Å². The molecule has 0 radical (unpaired) electrons. The van der Waals surface area contributed by atoms with Crippen LogP contribution in [0.5, 0.6) is 5.75 Å². The van der Waals surface area contributed by atoms with Gasteiger partial charge in [0.15, 0.2) is 0 Å². The van der Waals surface area contributed by atoms with E-state index in [4.69, 9.17) is 25.8 Å². The largest absolute Gasteiger partial charge is 0.494 e. The Morgan fingerprint density at radius 2 is 1.64 bits per heavy atom. The number of aliphatic hydroxyl groups is 3. The monoisotopic (exact) mass is 572 g/mol. The van der Waals surface area contributed by atoms with Gasteiger partial charge in [-0.05, 0) is 79.4 Å². The van der Waals surface area contributed by atoms with Crippen LogP contribution in [0.2, 0.25) is 5.02 Å². The smallest absolute Gasteiger partial charge is 0.338 e. The average Bonchev–Trinajstić information content (AvgIpc) is 2.94. The molecule has 0 aromatic heterocycles. The molecule has 0 bridgehead atoms. The van der Waals surface area contributed by atoms with Crippen molar-refractivity contribution in [2.24, 2.45) is 0 Å². The number of esters is 1. The van der Waals surface area contributed by atoms with E-state index in [2.05, 4.69) is 0 Å². The van der Waals surface area contributed by atoms with Crippen molar-refractivity contribution in [3.8, 4) is 5.75 Å². The Morgan fingerprint density at radius 3 is 2.31 bits per heavy atom. The lowest BCUT2D eigenvalue weighted by Crippen LogP contribution is -2.54. The molecule has 3 N–H and O–H groups in total. The quantitative estimate of drug-likeness (QED) is 0.235. The molecule has 1 aliphatic heterocycles. The van der Waals surface area contributed by atoms with Gasteiger partial charge in [-0.15, -0.1) is 11.8 Å². The normalized spacial score (nSPS) is 22.9. The molecular formula is C30H33ClO7S. The molecule has 1 heterocycles. The van der Waals surface area contributed by atoms with Crippen molar-refractivity contribution in [1.29, 1.82) is 0 Å². The zero-order chi connectivity index (χ0) is 27.9. The van der Waals surface area contributed by atoms with Gasteiger partial charge >= 0.3 is 5.97 Å².